The van der Waals surface area contributed by atoms with Crippen molar-refractivity contribution in [1.82, 2.24) is 9.80 Å². The third-order valence-corrected chi connectivity index (χ3v) is 3.56. The second kappa shape index (κ2) is 3.00. The smallest absolute Gasteiger partial charge is 0.0183 e. The predicted molar refractivity (Wildman–Crippen MR) is 51.3 cm³/mol. The Bertz CT molecular complexity index is 155. The largest absolute Gasteiger partial charge is 0.301 e. The fraction of sp³-hybridized carbons (Fsp3) is 1.00. The van der Waals surface area contributed by atoms with Crippen LogP contribution < -0.4 is 0 Å². The lowest BCUT2D eigenvalue weighted by molar-refractivity contribution is 0.0955. The first kappa shape index (κ1) is 8.52. The molecule has 0 aromatic heterocycles. The molecular weight excluding hydrogens is 148 g/mol. The Morgan fingerprint density at radius 1 is 1.08 bits per heavy atom. The van der Waals surface area contributed by atoms with Crippen LogP contribution in [0.4, 0.5) is 0 Å². The highest BCUT2D eigenvalue weighted by atomic mass is 15.3. The molecule has 0 unspecified atom stereocenters. The third-order valence-electron chi connectivity index (χ3n) is 3.56. The Kier molecular flexibility index (Phi) is 2.13. The van der Waals surface area contributed by atoms with E-state index in [0.717, 1.165) is 0 Å². The summed E-state index contributed by atoms with van der Waals surface area (Å²) in [6.07, 6.45) is 2.86. The molecule has 2 aliphatic rings. The van der Waals surface area contributed by atoms with Gasteiger partial charge in [-0.05, 0) is 26.3 Å². The van der Waals surface area contributed by atoms with E-state index in [-0.39, 0.29) is 0 Å². The normalized spacial score (nSPS) is 30.5. The van der Waals surface area contributed by atoms with Crippen LogP contribution >= 0.6 is 0 Å². The highest BCUT2D eigenvalue weighted by molar-refractivity contribution is 5.00. The van der Waals surface area contributed by atoms with Gasteiger partial charge in [-0.25, -0.2) is 0 Å². The van der Waals surface area contributed by atoms with E-state index in [1.807, 2.05) is 0 Å². The topological polar surface area (TPSA) is 6.48 Å². The van der Waals surface area contributed by atoms with Gasteiger partial charge in [-0.3, -0.25) is 4.90 Å². The highest BCUT2D eigenvalue weighted by Gasteiger charge is 2.43. The van der Waals surface area contributed by atoms with Gasteiger partial charge < -0.3 is 4.90 Å². The molecule has 0 radical (unpaired) electrons. The molecule has 2 fully saturated rings. The van der Waals surface area contributed by atoms with E-state index in [1.165, 1.54) is 45.6 Å². The Morgan fingerprint density at radius 3 is 2.08 bits per heavy atom. The van der Waals surface area contributed by atoms with Crippen LogP contribution in [0.15, 0.2) is 0 Å². The zero-order chi connectivity index (χ0) is 8.60. The summed E-state index contributed by atoms with van der Waals surface area (Å²) in [5.41, 5.74) is 0.611. The first-order chi connectivity index (χ1) is 5.74. The molecule has 1 saturated carbocycles. The van der Waals surface area contributed by atoms with Gasteiger partial charge in [0, 0.05) is 31.7 Å². The van der Waals surface area contributed by atoms with Gasteiger partial charge in [-0.2, -0.15) is 0 Å². The van der Waals surface area contributed by atoms with Crippen LogP contribution in [0, 0.1) is 0 Å². The van der Waals surface area contributed by atoms with Gasteiger partial charge >= 0.3 is 0 Å². The number of nitrogens with zero attached hydrogens (tertiary/aromatic N) is 2. The van der Waals surface area contributed by atoms with Crippen LogP contribution in [0.2, 0.25) is 0 Å². The number of rotatable bonds is 2. The van der Waals surface area contributed by atoms with E-state index < -0.39 is 0 Å². The average molecular weight is 168 g/mol. The summed E-state index contributed by atoms with van der Waals surface area (Å²) in [7, 11) is 0. The van der Waals surface area contributed by atoms with Crippen LogP contribution in [0.5, 0.6) is 0 Å². The first-order valence-corrected chi connectivity index (χ1v) is 5.22. The Morgan fingerprint density at radius 2 is 1.67 bits per heavy atom. The lowest BCUT2D eigenvalue weighted by atomic mass is 10.2. The summed E-state index contributed by atoms with van der Waals surface area (Å²) in [6.45, 7) is 11.1. The molecule has 2 rings (SSSR count). The van der Waals surface area contributed by atoms with Gasteiger partial charge in [0.15, 0.2) is 0 Å². The maximum atomic E-state index is 2.68. The van der Waals surface area contributed by atoms with Crippen molar-refractivity contribution in [3.63, 3.8) is 0 Å². The summed E-state index contributed by atoms with van der Waals surface area (Å²) in [5.74, 6) is 0. The zero-order valence-corrected chi connectivity index (χ0v) is 8.34. The molecule has 1 aliphatic heterocycles. The Hall–Kier alpha value is -0.0800. The molecule has 2 nitrogen and oxygen atoms in total. The van der Waals surface area contributed by atoms with E-state index in [1.54, 1.807) is 0 Å². The maximum Gasteiger partial charge on any atom is 0.0183 e. The van der Waals surface area contributed by atoms with Gasteiger partial charge in [0.1, 0.15) is 0 Å². The van der Waals surface area contributed by atoms with E-state index in [0.29, 0.717) is 5.54 Å². The van der Waals surface area contributed by atoms with Crippen LogP contribution in [-0.2, 0) is 0 Å². The van der Waals surface area contributed by atoms with Crippen LogP contribution in [-0.4, -0.2) is 48.1 Å². The molecule has 1 saturated heterocycles. The molecule has 0 bridgehead atoms. The number of piperazine rings is 1. The first-order valence-electron chi connectivity index (χ1n) is 5.22. The van der Waals surface area contributed by atoms with Crippen LogP contribution in [0.25, 0.3) is 0 Å². The summed E-state index contributed by atoms with van der Waals surface area (Å²) in [4.78, 5) is 5.22. The van der Waals surface area contributed by atoms with Gasteiger partial charge in [-0.15, -0.1) is 0 Å². The Balaban J connectivity index is 1.82. The fourth-order valence-corrected chi connectivity index (χ4v) is 2.10. The van der Waals surface area contributed by atoms with E-state index >= 15 is 0 Å². The number of likely N-dealkylation sites (N-methyl/N-ethyl adjacent to an activating group) is 1. The van der Waals surface area contributed by atoms with Crippen molar-refractivity contribution in [3.05, 3.63) is 0 Å². The van der Waals surface area contributed by atoms with Crippen molar-refractivity contribution in [3.8, 4) is 0 Å². The van der Waals surface area contributed by atoms with Crippen molar-refractivity contribution in [2.24, 2.45) is 0 Å². The molecule has 2 heteroatoms. The van der Waals surface area contributed by atoms with Gasteiger partial charge in [0.2, 0.25) is 0 Å². The SMILES string of the molecule is CCN1CCN(C2(C)CC2)CC1. The van der Waals surface area contributed by atoms with Crippen LogP contribution in [0.3, 0.4) is 0 Å². The van der Waals surface area contributed by atoms with Crippen LogP contribution in [0.1, 0.15) is 26.7 Å². The fourth-order valence-electron chi connectivity index (χ4n) is 2.10. The van der Waals surface area contributed by atoms with Crippen molar-refractivity contribution < 1.29 is 0 Å². The summed E-state index contributed by atoms with van der Waals surface area (Å²) in [5, 5.41) is 0. The lowest BCUT2D eigenvalue weighted by Gasteiger charge is -2.37. The molecule has 70 valence electrons. The average Bonchev–Trinajstić information content (AvgIpc) is 2.85. The zero-order valence-electron chi connectivity index (χ0n) is 8.34. The van der Waals surface area contributed by atoms with Crippen molar-refractivity contribution >= 4 is 0 Å². The summed E-state index contributed by atoms with van der Waals surface area (Å²) in [6, 6.07) is 0. The molecule has 1 aliphatic carbocycles. The monoisotopic (exact) mass is 168 g/mol. The van der Waals surface area contributed by atoms with Crippen molar-refractivity contribution in [2.75, 3.05) is 32.7 Å². The molecule has 1 heterocycles. The third kappa shape index (κ3) is 1.50. The van der Waals surface area contributed by atoms with E-state index in [4.69, 9.17) is 0 Å². The molecule has 0 amide bonds. The molecule has 0 N–H and O–H groups in total. The summed E-state index contributed by atoms with van der Waals surface area (Å²) < 4.78 is 0. The minimum absolute atomic E-state index is 0.611. The van der Waals surface area contributed by atoms with Crippen molar-refractivity contribution in [2.45, 2.75) is 32.2 Å². The number of hydrogen-bond donors (Lipinski definition) is 0. The highest BCUT2D eigenvalue weighted by Crippen LogP contribution is 2.41. The predicted octanol–water partition coefficient (Wildman–Crippen LogP) is 1.18. The minimum Gasteiger partial charge on any atom is -0.301 e. The quantitative estimate of drug-likeness (QED) is 0.611. The molecule has 0 aromatic carbocycles. The molecule has 0 aromatic rings. The van der Waals surface area contributed by atoms with Gasteiger partial charge in [0.05, 0.1) is 0 Å². The lowest BCUT2D eigenvalue weighted by Crippen LogP contribution is -2.50. The molecule has 12 heavy (non-hydrogen) atoms. The van der Waals surface area contributed by atoms with E-state index in [9.17, 15) is 0 Å². The molecule has 0 atom stereocenters. The molecule has 0 spiro atoms. The number of hydrogen-bond acceptors (Lipinski definition) is 2. The van der Waals surface area contributed by atoms with Gasteiger partial charge in [0.25, 0.3) is 0 Å². The van der Waals surface area contributed by atoms with Crippen molar-refractivity contribution in [1.29, 1.82) is 0 Å². The second-order valence-corrected chi connectivity index (χ2v) is 4.42. The van der Waals surface area contributed by atoms with Gasteiger partial charge in [-0.1, -0.05) is 6.92 Å². The standard InChI is InChI=1S/C10H20N2/c1-3-11-6-8-12(9-7-11)10(2)4-5-10/h3-9H2,1-2H3. The Labute approximate surface area is 75.5 Å². The maximum absolute atomic E-state index is 2.68. The minimum atomic E-state index is 0.611. The van der Waals surface area contributed by atoms with E-state index in [2.05, 4.69) is 23.6 Å². The summed E-state index contributed by atoms with van der Waals surface area (Å²) >= 11 is 0. The molecular formula is C10H20N2. The second-order valence-electron chi connectivity index (χ2n) is 4.42.